The summed E-state index contributed by atoms with van der Waals surface area (Å²) in [5.41, 5.74) is 4.00. The number of nitrogens with one attached hydrogen (secondary N) is 1. The lowest BCUT2D eigenvalue weighted by Crippen LogP contribution is -1.98. The van der Waals surface area contributed by atoms with E-state index < -0.39 is 0 Å². The zero-order chi connectivity index (χ0) is 12.5. The molecule has 92 valence electrons. The first-order valence-electron chi connectivity index (χ1n) is 5.41. The topological polar surface area (TPSA) is 37.8 Å². The zero-order valence-corrected chi connectivity index (χ0v) is 12.8. The first kappa shape index (κ1) is 12.1. The van der Waals surface area contributed by atoms with E-state index >= 15 is 0 Å². The largest absolute Gasteiger partial charge is 0.357 e. The van der Waals surface area contributed by atoms with E-state index in [-0.39, 0.29) is 0 Å². The quantitative estimate of drug-likeness (QED) is 0.766. The molecule has 0 spiro atoms. The van der Waals surface area contributed by atoms with Gasteiger partial charge in [0.2, 0.25) is 0 Å². The third-order valence-electron chi connectivity index (χ3n) is 2.59. The van der Waals surface area contributed by atoms with Crippen LogP contribution in [0, 0.1) is 6.92 Å². The fourth-order valence-electron chi connectivity index (χ4n) is 1.63. The van der Waals surface area contributed by atoms with Gasteiger partial charge in [0.25, 0.3) is 0 Å². The minimum absolute atomic E-state index is 0.789. The molecule has 3 aromatic rings. The second-order valence-corrected chi connectivity index (χ2v) is 6.73. The van der Waals surface area contributed by atoms with Crippen molar-refractivity contribution in [2.75, 3.05) is 5.32 Å². The lowest BCUT2D eigenvalue weighted by atomic mass is 10.3. The number of hydrogen-bond donors (Lipinski definition) is 1. The van der Waals surface area contributed by atoms with Crippen LogP contribution >= 0.6 is 38.6 Å². The molecule has 0 fully saturated rings. The van der Waals surface area contributed by atoms with E-state index in [4.69, 9.17) is 0 Å². The molecule has 0 aliphatic rings. The van der Waals surface area contributed by atoms with E-state index in [1.165, 1.54) is 9.58 Å². The SMILES string of the molecule is Cc1ncsc1CNc1nc2cc(Br)ccc2s1. The number of aryl methyl sites for hydroxylation is 1. The van der Waals surface area contributed by atoms with Crippen molar-refractivity contribution in [3.8, 4) is 0 Å². The summed E-state index contributed by atoms with van der Waals surface area (Å²) in [6.07, 6.45) is 0. The Morgan fingerprint density at radius 3 is 3.06 bits per heavy atom. The van der Waals surface area contributed by atoms with E-state index in [0.717, 1.165) is 27.4 Å². The van der Waals surface area contributed by atoms with E-state index in [9.17, 15) is 0 Å². The van der Waals surface area contributed by atoms with Crippen LogP contribution in [-0.4, -0.2) is 9.97 Å². The minimum atomic E-state index is 0.789. The standard InChI is InChI=1S/C12H10BrN3S2/c1-7-11(17-6-15-7)5-14-12-16-9-4-8(13)2-3-10(9)18-12/h2-4,6H,5H2,1H3,(H,14,16). The molecule has 6 heteroatoms. The molecule has 18 heavy (non-hydrogen) atoms. The van der Waals surface area contributed by atoms with E-state index in [2.05, 4.69) is 37.3 Å². The molecular weight excluding hydrogens is 330 g/mol. The molecule has 1 N–H and O–H groups in total. The maximum Gasteiger partial charge on any atom is 0.184 e. The number of halogens is 1. The highest BCUT2D eigenvalue weighted by atomic mass is 79.9. The van der Waals surface area contributed by atoms with E-state index in [1.807, 2.05) is 24.6 Å². The van der Waals surface area contributed by atoms with Crippen molar-refractivity contribution in [1.29, 1.82) is 0 Å². The van der Waals surface area contributed by atoms with Gasteiger partial charge in [-0.1, -0.05) is 27.3 Å². The van der Waals surface area contributed by atoms with Gasteiger partial charge in [0.1, 0.15) is 0 Å². The fraction of sp³-hybridized carbons (Fsp3) is 0.167. The van der Waals surface area contributed by atoms with Gasteiger partial charge in [-0.15, -0.1) is 11.3 Å². The van der Waals surface area contributed by atoms with Crippen molar-refractivity contribution in [2.45, 2.75) is 13.5 Å². The Morgan fingerprint density at radius 2 is 2.28 bits per heavy atom. The molecule has 0 radical (unpaired) electrons. The highest BCUT2D eigenvalue weighted by Gasteiger charge is 2.05. The Morgan fingerprint density at radius 1 is 1.39 bits per heavy atom. The Balaban J connectivity index is 1.81. The Kier molecular flexibility index (Phi) is 3.32. The van der Waals surface area contributed by atoms with Crippen LogP contribution in [-0.2, 0) is 6.54 Å². The lowest BCUT2D eigenvalue weighted by Gasteiger charge is -1.99. The molecular formula is C12H10BrN3S2. The highest BCUT2D eigenvalue weighted by molar-refractivity contribution is 9.10. The number of hydrogen-bond acceptors (Lipinski definition) is 5. The zero-order valence-electron chi connectivity index (χ0n) is 9.61. The molecule has 0 saturated carbocycles. The molecule has 0 amide bonds. The van der Waals surface area contributed by atoms with Gasteiger partial charge in [0.15, 0.2) is 5.13 Å². The smallest absolute Gasteiger partial charge is 0.184 e. The van der Waals surface area contributed by atoms with Crippen LogP contribution in [0.1, 0.15) is 10.6 Å². The van der Waals surface area contributed by atoms with Crippen LogP contribution in [0.25, 0.3) is 10.2 Å². The maximum atomic E-state index is 4.56. The molecule has 0 aliphatic heterocycles. The first-order valence-corrected chi connectivity index (χ1v) is 7.90. The third kappa shape index (κ3) is 2.41. The van der Waals surface area contributed by atoms with Crippen molar-refractivity contribution >= 4 is 54.0 Å². The Labute approximate surface area is 121 Å². The van der Waals surface area contributed by atoms with Crippen LogP contribution in [0.3, 0.4) is 0 Å². The van der Waals surface area contributed by atoms with Crippen LogP contribution in [0.4, 0.5) is 5.13 Å². The van der Waals surface area contributed by atoms with Gasteiger partial charge in [-0.2, -0.15) is 0 Å². The summed E-state index contributed by atoms with van der Waals surface area (Å²) in [5.74, 6) is 0. The molecule has 0 atom stereocenters. The summed E-state index contributed by atoms with van der Waals surface area (Å²) in [7, 11) is 0. The number of nitrogens with zero attached hydrogens (tertiary/aromatic N) is 2. The Hall–Kier alpha value is -0.980. The van der Waals surface area contributed by atoms with Crippen LogP contribution < -0.4 is 5.32 Å². The summed E-state index contributed by atoms with van der Waals surface area (Å²) in [6.45, 7) is 2.82. The number of fused-ring (bicyclic) bond motifs is 1. The summed E-state index contributed by atoms with van der Waals surface area (Å²) >= 11 is 6.81. The molecule has 0 unspecified atom stereocenters. The van der Waals surface area contributed by atoms with Gasteiger partial charge in [-0.25, -0.2) is 9.97 Å². The second-order valence-electron chi connectivity index (χ2n) is 3.85. The number of aromatic nitrogens is 2. The summed E-state index contributed by atoms with van der Waals surface area (Å²) in [6, 6.07) is 6.16. The highest BCUT2D eigenvalue weighted by Crippen LogP contribution is 2.28. The first-order chi connectivity index (χ1) is 8.72. The molecule has 3 nitrogen and oxygen atoms in total. The summed E-state index contributed by atoms with van der Waals surface area (Å²) in [5, 5.41) is 4.31. The summed E-state index contributed by atoms with van der Waals surface area (Å²) in [4.78, 5) is 10.1. The number of anilines is 1. The molecule has 3 rings (SSSR count). The number of rotatable bonds is 3. The van der Waals surface area contributed by atoms with Gasteiger partial charge in [-0.3, -0.25) is 0 Å². The molecule has 1 aromatic carbocycles. The van der Waals surface area contributed by atoms with Crippen LogP contribution in [0.5, 0.6) is 0 Å². The predicted octanol–water partition coefficient (Wildman–Crippen LogP) is 4.44. The van der Waals surface area contributed by atoms with Crippen molar-refractivity contribution in [2.24, 2.45) is 0 Å². The average Bonchev–Trinajstić information content (AvgIpc) is 2.92. The monoisotopic (exact) mass is 339 g/mol. The lowest BCUT2D eigenvalue weighted by molar-refractivity contribution is 1.12. The number of thiazole rings is 2. The third-order valence-corrected chi connectivity index (χ3v) is 5.02. The van der Waals surface area contributed by atoms with E-state index in [0.29, 0.717) is 0 Å². The molecule has 2 aromatic heterocycles. The molecule has 0 saturated heterocycles. The fourth-order valence-corrected chi connectivity index (χ4v) is 3.54. The van der Waals surface area contributed by atoms with Gasteiger partial charge in [0.05, 0.1) is 28.0 Å². The minimum Gasteiger partial charge on any atom is -0.357 e. The van der Waals surface area contributed by atoms with Gasteiger partial charge in [0, 0.05) is 9.35 Å². The van der Waals surface area contributed by atoms with Crippen molar-refractivity contribution in [3.63, 3.8) is 0 Å². The predicted molar refractivity (Wildman–Crippen MR) is 81.5 cm³/mol. The Bertz CT molecular complexity index is 690. The summed E-state index contributed by atoms with van der Waals surface area (Å²) < 4.78 is 2.26. The normalized spacial score (nSPS) is 11.0. The van der Waals surface area contributed by atoms with E-state index in [1.54, 1.807) is 22.7 Å². The van der Waals surface area contributed by atoms with Crippen molar-refractivity contribution in [1.82, 2.24) is 9.97 Å². The molecule has 0 bridgehead atoms. The van der Waals surface area contributed by atoms with Crippen LogP contribution in [0.2, 0.25) is 0 Å². The van der Waals surface area contributed by atoms with Gasteiger partial charge >= 0.3 is 0 Å². The second kappa shape index (κ2) is 4.95. The maximum absolute atomic E-state index is 4.56. The molecule has 0 aliphatic carbocycles. The molecule has 2 heterocycles. The average molecular weight is 340 g/mol. The van der Waals surface area contributed by atoms with Crippen molar-refractivity contribution < 1.29 is 0 Å². The van der Waals surface area contributed by atoms with Crippen molar-refractivity contribution in [3.05, 3.63) is 38.8 Å². The van der Waals surface area contributed by atoms with Gasteiger partial charge in [-0.05, 0) is 25.1 Å². The number of benzene rings is 1. The van der Waals surface area contributed by atoms with Gasteiger partial charge < -0.3 is 5.32 Å². The van der Waals surface area contributed by atoms with Crippen LogP contribution in [0.15, 0.2) is 28.2 Å².